The minimum Gasteiger partial charge on any atom is -0.318 e. The zero-order valence-corrected chi connectivity index (χ0v) is 12.4. The van der Waals surface area contributed by atoms with Gasteiger partial charge in [0.2, 0.25) is 0 Å². The van der Waals surface area contributed by atoms with Gasteiger partial charge in [0.05, 0.1) is 0 Å². The molecule has 0 aromatic carbocycles. The quantitative estimate of drug-likeness (QED) is 0.818. The van der Waals surface area contributed by atoms with Gasteiger partial charge in [0.1, 0.15) is 0 Å². The van der Waals surface area contributed by atoms with Gasteiger partial charge in [-0.2, -0.15) is 11.8 Å². The molecule has 0 aliphatic carbocycles. The first-order valence-electron chi connectivity index (χ1n) is 6.49. The average molecular weight is 244 g/mol. The summed E-state index contributed by atoms with van der Waals surface area (Å²) in [5.74, 6) is 2.01. The average Bonchev–Trinajstić information content (AvgIpc) is 2.35. The molecule has 1 aliphatic heterocycles. The lowest BCUT2D eigenvalue weighted by molar-refractivity contribution is 0.160. The summed E-state index contributed by atoms with van der Waals surface area (Å²) in [5, 5.41) is 3.34. The number of rotatable bonds is 4. The minimum absolute atomic E-state index is 0.468. The molecule has 96 valence electrons. The summed E-state index contributed by atoms with van der Waals surface area (Å²) in [6, 6.07) is 0.694. The van der Waals surface area contributed by atoms with Gasteiger partial charge in [-0.05, 0) is 25.9 Å². The van der Waals surface area contributed by atoms with Crippen LogP contribution in [-0.2, 0) is 0 Å². The zero-order chi connectivity index (χ0) is 12.2. The maximum Gasteiger partial charge on any atom is 0.0243 e. The number of hydrogen-bond donors (Lipinski definition) is 1. The number of likely N-dealkylation sites (N-methyl/N-ethyl adjacent to an activating group) is 1. The van der Waals surface area contributed by atoms with Crippen molar-refractivity contribution >= 4 is 11.8 Å². The van der Waals surface area contributed by atoms with Gasteiger partial charge in [0, 0.05) is 29.6 Å². The number of thioether (sulfide) groups is 1. The molecule has 3 heteroatoms. The van der Waals surface area contributed by atoms with Gasteiger partial charge < -0.3 is 5.32 Å². The lowest BCUT2D eigenvalue weighted by Gasteiger charge is -2.33. The van der Waals surface area contributed by atoms with Gasteiger partial charge in [-0.3, -0.25) is 4.90 Å². The highest BCUT2D eigenvalue weighted by Gasteiger charge is 2.28. The molecule has 0 saturated carbocycles. The summed E-state index contributed by atoms with van der Waals surface area (Å²) in [5.41, 5.74) is 0. The third-order valence-corrected chi connectivity index (χ3v) is 4.90. The van der Waals surface area contributed by atoms with Crippen LogP contribution in [-0.4, -0.2) is 48.1 Å². The summed E-state index contributed by atoms with van der Waals surface area (Å²) in [7, 11) is 2.06. The molecule has 16 heavy (non-hydrogen) atoms. The monoisotopic (exact) mass is 244 g/mol. The molecule has 2 nitrogen and oxygen atoms in total. The molecule has 0 amide bonds. The van der Waals surface area contributed by atoms with E-state index in [9.17, 15) is 0 Å². The Morgan fingerprint density at radius 3 is 2.56 bits per heavy atom. The molecule has 1 atom stereocenters. The third-order valence-electron chi connectivity index (χ3n) is 3.52. The van der Waals surface area contributed by atoms with Crippen molar-refractivity contribution in [2.24, 2.45) is 5.92 Å². The normalized spacial score (nSPS) is 24.4. The number of nitrogens with one attached hydrogen (secondary N) is 1. The van der Waals surface area contributed by atoms with E-state index in [2.05, 4.69) is 56.7 Å². The molecule has 0 bridgehead atoms. The Balaban J connectivity index is 2.57. The summed E-state index contributed by atoms with van der Waals surface area (Å²) in [6.07, 6.45) is 1.31. The van der Waals surface area contributed by atoms with E-state index in [1.165, 1.54) is 25.3 Å². The minimum atomic E-state index is 0.468. The molecule has 0 aromatic rings. The van der Waals surface area contributed by atoms with Crippen molar-refractivity contribution < 1.29 is 0 Å². The van der Waals surface area contributed by atoms with Crippen molar-refractivity contribution in [1.82, 2.24) is 10.2 Å². The van der Waals surface area contributed by atoms with Crippen molar-refractivity contribution in [1.29, 1.82) is 0 Å². The van der Waals surface area contributed by atoms with E-state index in [0.29, 0.717) is 10.8 Å². The first-order chi connectivity index (χ1) is 7.46. The van der Waals surface area contributed by atoms with Gasteiger partial charge in [0.15, 0.2) is 0 Å². The van der Waals surface area contributed by atoms with Gasteiger partial charge in [-0.15, -0.1) is 0 Å². The predicted octanol–water partition coefficient (Wildman–Crippen LogP) is 2.45. The lowest BCUT2D eigenvalue weighted by atomic mass is 10.0. The molecular weight excluding hydrogens is 216 g/mol. The highest BCUT2D eigenvalue weighted by atomic mass is 32.2. The van der Waals surface area contributed by atoms with Crippen LogP contribution in [0.15, 0.2) is 0 Å². The van der Waals surface area contributed by atoms with Crippen molar-refractivity contribution in [3.8, 4) is 0 Å². The Bertz CT molecular complexity index is 204. The zero-order valence-electron chi connectivity index (χ0n) is 11.5. The second-order valence-electron chi connectivity index (χ2n) is 5.76. The molecule has 0 radical (unpaired) electrons. The standard InChI is InChI=1S/C13H28N2S/c1-11(2)12(10-14-5)15-7-6-13(3,4)16-9-8-15/h11-12,14H,6-10H2,1-5H3. The molecular formula is C13H28N2S. The fourth-order valence-electron chi connectivity index (χ4n) is 2.36. The van der Waals surface area contributed by atoms with Gasteiger partial charge in [-0.25, -0.2) is 0 Å². The van der Waals surface area contributed by atoms with E-state index in [1.54, 1.807) is 0 Å². The van der Waals surface area contributed by atoms with E-state index in [4.69, 9.17) is 0 Å². The third kappa shape index (κ3) is 4.27. The molecule has 1 rings (SSSR count). The highest BCUT2D eigenvalue weighted by molar-refractivity contribution is 8.00. The van der Waals surface area contributed by atoms with Crippen LogP contribution < -0.4 is 5.32 Å². The second-order valence-corrected chi connectivity index (χ2v) is 7.57. The van der Waals surface area contributed by atoms with Crippen LogP contribution in [0.2, 0.25) is 0 Å². The Hall–Kier alpha value is 0.270. The molecule has 1 unspecified atom stereocenters. The maximum atomic E-state index is 3.34. The van der Waals surface area contributed by atoms with Crippen molar-refractivity contribution in [2.45, 2.75) is 44.9 Å². The van der Waals surface area contributed by atoms with Crippen molar-refractivity contribution in [3.63, 3.8) is 0 Å². The van der Waals surface area contributed by atoms with E-state index in [1.807, 2.05) is 0 Å². The predicted molar refractivity (Wildman–Crippen MR) is 75.3 cm³/mol. The summed E-state index contributed by atoms with van der Waals surface area (Å²) >= 11 is 2.13. The largest absolute Gasteiger partial charge is 0.318 e. The Labute approximate surface area is 106 Å². The molecule has 1 saturated heterocycles. The fourth-order valence-corrected chi connectivity index (χ4v) is 3.48. The van der Waals surface area contributed by atoms with Crippen LogP contribution in [0.25, 0.3) is 0 Å². The van der Waals surface area contributed by atoms with Crippen LogP contribution in [0.4, 0.5) is 0 Å². The maximum absolute atomic E-state index is 3.34. The summed E-state index contributed by atoms with van der Waals surface area (Å²) in [6.45, 7) is 13.1. The first-order valence-corrected chi connectivity index (χ1v) is 7.47. The highest BCUT2D eigenvalue weighted by Crippen LogP contribution is 2.31. The van der Waals surface area contributed by atoms with Gasteiger partial charge in [0.25, 0.3) is 0 Å². The second kappa shape index (κ2) is 6.27. The fraction of sp³-hybridized carbons (Fsp3) is 1.00. The Morgan fingerprint density at radius 2 is 2.00 bits per heavy atom. The smallest absolute Gasteiger partial charge is 0.0243 e. The molecule has 0 aromatic heterocycles. The van der Waals surface area contributed by atoms with Gasteiger partial charge >= 0.3 is 0 Å². The summed E-state index contributed by atoms with van der Waals surface area (Å²) < 4.78 is 0.468. The first kappa shape index (κ1) is 14.3. The number of nitrogens with zero attached hydrogens (tertiary/aromatic N) is 1. The molecule has 1 aliphatic rings. The molecule has 1 N–H and O–H groups in total. The van der Waals surface area contributed by atoms with E-state index in [0.717, 1.165) is 12.5 Å². The van der Waals surface area contributed by atoms with E-state index < -0.39 is 0 Å². The van der Waals surface area contributed by atoms with E-state index >= 15 is 0 Å². The number of hydrogen-bond acceptors (Lipinski definition) is 3. The summed E-state index contributed by atoms with van der Waals surface area (Å²) in [4.78, 5) is 2.68. The van der Waals surface area contributed by atoms with Crippen molar-refractivity contribution in [3.05, 3.63) is 0 Å². The SMILES string of the molecule is CNCC(C(C)C)N1CCSC(C)(C)CC1. The Morgan fingerprint density at radius 1 is 1.31 bits per heavy atom. The van der Waals surface area contributed by atoms with Crippen LogP contribution in [0.1, 0.15) is 34.1 Å². The van der Waals surface area contributed by atoms with Crippen LogP contribution in [0, 0.1) is 5.92 Å². The Kier molecular flexibility index (Phi) is 5.62. The molecule has 1 fully saturated rings. The van der Waals surface area contributed by atoms with Crippen LogP contribution >= 0.6 is 11.8 Å². The molecule has 0 spiro atoms. The topological polar surface area (TPSA) is 15.3 Å². The lowest BCUT2D eigenvalue weighted by Crippen LogP contribution is -2.46. The van der Waals surface area contributed by atoms with Crippen LogP contribution in [0.5, 0.6) is 0 Å². The van der Waals surface area contributed by atoms with Gasteiger partial charge in [-0.1, -0.05) is 27.7 Å². The molecule has 1 heterocycles. The van der Waals surface area contributed by atoms with Crippen molar-refractivity contribution in [2.75, 3.05) is 32.4 Å². The van der Waals surface area contributed by atoms with E-state index in [-0.39, 0.29) is 0 Å². The van der Waals surface area contributed by atoms with Crippen LogP contribution in [0.3, 0.4) is 0 Å².